The van der Waals surface area contributed by atoms with E-state index in [1.54, 1.807) is 13.4 Å². The standard InChI is InChI=1S/C16H26N6O2/c1-16(2)9-21(6-5-11(16)17)7-8-22-10-18-13-12(22)14(23)20(4)15(24)19(13)3/h10-11H,5-9,17H2,1-4H3. The highest BCUT2D eigenvalue weighted by Crippen LogP contribution is 2.27. The largest absolute Gasteiger partial charge is 0.332 e. The van der Waals surface area contributed by atoms with Crippen molar-refractivity contribution in [3.8, 4) is 0 Å². The average molecular weight is 334 g/mol. The van der Waals surface area contributed by atoms with E-state index in [2.05, 4.69) is 23.7 Å². The van der Waals surface area contributed by atoms with Gasteiger partial charge in [-0.25, -0.2) is 9.78 Å². The van der Waals surface area contributed by atoms with Crippen LogP contribution in [0.3, 0.4) is 0 Å². The van der Waals surface area contributed by atoms with Gasteiger partial charge in [0.2, 0.25) is 0 Å². The summed E-state index contributed by atoms with van der Waals surface area (Å²) < 4.78 is 4.39. The number of hydrogen-bond acceptors (Lipinski definition) is 5. The fourth-order valence-electron chi connectivity index (χ4n) is 3.49. The summed E-state index contributed by atoms with van der Waals surface area (Å²) in [6, 6.07) is 0.227. The molecule has 0 radical (unpaired) electrons. The van der Waals surface area contributed by atoms with Crippen molar-refractivity contribution in [2.24, 2.45) is 25.2 Å². The Hall–Kier alpha value is -1.93. The molecule has 3 heterocycles. The van der Waals surface area contributed by atoms with Crippen molar-refractivity contribution in [1.82, 2.24) is 23.6 Å². The highest BCUT2D eigenvalue weighted by molar-refractivity contribution is 5.69. The third-order valence-corrected chi connectivity index (χ3v) is 5.27. The Morgan fingerprint density at radius 2 is 1.96 bits per heavy atom. The van der Waals surface area contributed by atoms with Crippen molar-refractivity contribution in [2.75, 3.05) is 19.6 Å². The van der Waals surface area contributed by atoms with Gasteiger partial charge in [0.05, 0.1) is 6.33 Å². The Morgan fingerprint density at radius 1 is 1.25 bits per heavy atom. The molecule has 0 aliphatic carbocycles. The highest BCUT2D eigenvalue weighted by Gasteiger charge is 2.33. The first kappa shape index (κ1) is 16.9. The molecule has 8 heteroatoms. The molecule has 1 atom stereocenters. The lowest BCUT2D eigenvalue weighted by Crippen LogP contribution is -2.52. The van der Waals surface area contributed by atoms with Gasteiger partial charge >= 0.3 is 5.69 Å². The van der Waals surface area contributed by atoms with Crippen molar-refractivity contribution in [3.05, 3.63) is 27.2 Å². The van der Waals surface area contributed by atoms with E-state index >= 15 is 0 Å². The van der Waals surface area contributed by atoms with Crippen LogP contribution in [0.25, 0.3) is 11.2 Å². The van der Waals surface area contributed by atoms with Gasteiger partial charge in [-0.1, -0.05) is 13.8 Å². The Kier molecular flexibility index (Phi) is 4.13. The zero-order valence-electron chi connectivity index (χ0n) is 14.8. The fourth-order valence-corrected chi connectivity index (χ4v) is 3.49. The number of aryl methyl sites for hydroxylation is 1. The maximum absolute atomic E-state index is 12.4. The molecular weight excluding hydrogens is 308 g/mol. The molecule has 132 valence electrons. The van der Waals surface area contributed by atoms with Crippen LogP contribution in [0.5, 0.6) is 0 Å². The maximum Gasteiger partial charge on any atom is 0.332 e. The first-order chi connectivity index (χ1) is 11.2. The van der Waals surface area contributed by atoms with Crippen LogP contribution in [0, 0.1) is 5.41 Å². The summed E-state index contributed by atoms with van der Waals surface area (Å²) in [7, 11) is 3.13. The van der Waals surface area contributed by atoms with E-state index in [4.69, 9.17) is 5.73 Å². The van der Waals surface area contributed by atoms with Crippen molar-refractivity contribution in [3.63, 3.8) is 0 Å². The Balaban J connectivity index is 1.85. The zero-order valence-corrected chi connectivity index (χ0v) is 14.8. The zero-order chi connectivity index (χ0) is 17.6. The molecule has 0 amide bonds. The van der Waals surface area contributed by atoms with Gasteiger partial charge in [0, 0.05) is 39.8 Å². The third kappa shape index (κ3) is 2.69. The smallest absolute Gasteiger partial charge is 0.327 e. The van der Waals surface area contributed by atoms with E-state index in [1.807, 2.05) is 4.57 Å². The Labute approximate surface area is 140 Å². The molecule has 2 N–H and O–H groups in total. The number of rotatable bonds is 3. The van der Waals surface area contributed by atoms with Crippen LogP contribution in [-0.2, 0) is 20.6 Å². The number of nitrogens with two attached hydrogens (primary N) is 1. The van der Waals surface area contributed by atoms with Gasteiger partial charge in [0.15, 0.2) is 11.2 Å². The lowest BCUT2D eigenvalue weighted by Gasteiger charge is -2.42. The average Bonchev–Trinajstić information content (AvgIpc) is 2.96. The van der Waals surface area contributed by atoms with E-state index in [1.165, 1.54) is 11.6 Å². The van der Waals surface area contributed by atoms with Gasteiger partial charge in [-0.15, -0.1) is 0 Å². The number of likely N-dealkylation sites (tertiary alicyclic amines) is 1. The number of hydrogen-bond donors (Lipinski definition) is 1. The van der Waals surface area contributed by atoms with Crippen LogP contribution in [0.2, 0.25) is 0 Å². The molecule has 0 aromatic carbocycles. The molecule has 1 unspecified atom stereocenters. The SMILES string of the molecule is Cn1c(=O)c2c(ncn2CCN2CCC(N)C(C)(C)C2)n(C)c1=O. The van der Waals surface area contributed by atoms with Gasteiger partial charge in [0.1, 0.15) is 0 Å². The fraction of sp³-hybridized carbons (Fsp3) is 0.688. The summed E-state index contributed by atoms with van der Waals surface area (Å²) in [6.07, 6.45) is 2.63. The second-order valence-corrected chi connectivity index (χ2v) is 7.48. The van der Waals surface area contributed by atoms with E-state index < -0.39 is 0 Å². The van der Waals surface area contributed by atoms with E-state index in [0.717, 1.165) is 30.6 Å². The molecule has 1 aliphatic heterocycles. The molecule has 0 spiro atoms. The summed E-state index contributed by atoms with van der Waals surface area (Å²) >= 11 is 0. The van der Waals surface area contributed by atoms with Gasteiger partial charge in [-0.05, 0) is 18.4 Å². The second kappa shape index (κ2) is 5.86. The van der Waals surface area contributed by atoms with Crippen LogP contribution in [0.15, 0.2) is 15.9 Å². The number of imidazole rings is 1. The quantitative estimate of drug-likeness (QED) is 0.817. The third-order valence-electron chi connectivity index (χ3n) is 5.27. The van der Waals surface area contributed by atoms with Crippen molar-refractivity contribution in [2.45, 2.75) is 32.9 Å². The topological polar surface area (TPSA) is 91.1 Å². The summed E-state index contributed by atoms with van der Waals surface area (Å²) in [6.45, 7) is 7.79. The van der Waals surface area contributed by atoms with Gasteiger partial charge in [0.25, 0.3) is 5.56 Å². The second-order valence-electron chi connectivity index (χ2n) is 7.48. The van der Waals surface area contributed by atoms with Crippen LogP contribution < -0.4 is 17.0 Å². The van der Waals surface area contributed by atoms with E-state index in [0.29, 0.717) is 17.7 Å². The summed E-state index contributed by atoms with van der Waals surface area (Å²) in [5.41, 5.74) is 6.54. The number of piperidine rings is 1. The predicted molar refractivity (Wildman–Crippen MR) is 93.0 cm³/mol. The van der Waals surface area contributed by atoms with Crippen molar-refractivity contribution in [1.29, 1.82) is 0 Å². The first-order valence-electron chi connectivity index (χ1n) is 8.31. The molecule has 1 fully saturated rings. The lowest BCUT2D eigenvalue weighted by molar-refractivity contribution is 0.0928. The predicted octanol–water partition coefficient (Wildman–Crippen LogP) is -0.507. The number of nitrogens with zero attached hydrogens (tertiary/aromatic N) is 5. The molecule has 3 rings (SSSR count). The maximum atomic E-state index is 12.4. The van der Waals surface area contributed by atoms with Crippen LogP contribution in [-0.4, -0.2) is 49.3 Å². The van der Waals surface area contributed by atoms with Gasteiger partial charge < -0.3 is 15.2 Å². The minimum absolute atomic E-state index is 0.0925. The van der Waals surface area contributed by atoms with Crippen LogP contribution in [0.1, 0.15) is 20.3 Å². The molecular formula is C16H26N6O2. The normalized spacial score (nSPS) is 21.5. The van der Waals surface area contributed by atoms with E-state index in [9.17, 15) is 9.59 Å². The minimum atomic E-state index is -0.357. The van der Waals surface area contributed by atoms with Crippen molar-refractivity contribution >= 4 is 11.2 Å². The Morgan fingerprint density at radius 3 is 2.62 bits per heavy atom. The lowest BCUT2D eigenvalue weighted by atomic mass is 9.80. The molecule has 2 aromatic rings. The van der Waals surface area contributed by atoms with Crippen LogP contribution in [0.4, 0.5) is 0 Å². The molecule has 2 aromatic heterocycles. The number of aromatic nitrogens is 4. The summed E-state index contributed by atoms with van der Waals surface area (Å²) in [4.78, 5) is 31.1. The van der Waals surface area contributed by atoms with E-state index in [-0.39, 0.29) is 22.7 Å². The van der Waals surface area contributed by atoms with Gasteiger partial charge in [-0.2, -0.15) is 0 Å². The molecule has 0 bridgehead atoms. The van der Waals surface area contributed by atoms with Crippen molar-refractivity contribution < 1.29 is 0 Å². The molecule has 0 saturated carbocycles. The monoisotopic (exact) mass is 334 g/mol. The Bertz CT molecular complexity index is 875. The van der Waals surface area contributed by atoms with Gasteiger partial charge in [-0.3, -0.25) is 13.9 Å². The summed E-state index contributed by atoms with van der Waals surface area (Å²) in [5.74, 6) is 0. The molecule has 1 aliphatic rings. The minimum Gasteiger partial charge on any atom is -0.327 e. The molecule has 1 saturated heterocycles. The number of fused-ring (bicyclic) bond motifs is 1. The summed E-state index contributed by atoms with van der Waals surface area (Å²) in [5, 5.41) is 0. The van der Waals surface area contributed by atoms with Crippen LogP contribution >= 0.6 is 0 Å². The first-order valence-corrected chi connectivity index (χ1v) is 8.31. The molecule has 24 heavy (non-hydrogen) atoms. The molecule has 8 nitrogen and oxygen atoms in total. The highest BCUT2D eigenvalue weighted by atomic mass is 16.2.